The van der Waals surface area contributed by atoms with E-state index in [1.54, 1.807) is 67.4 Å². The molecule has 3 aromatic rings. The van der Waals surface area contributed by atoms with Crippen molar-refractivity contribution in [2.45, 2.75) is 6.92 Å². The Morgan fingerprint density at radius 2 is 1.81 bits per heavy atom. The predicted octanol–water partition coefficient (Wildman–Crippen LogP) is 3.49. The van der Waals surface area contributed by atoms with Crippen LogP contribution in [0, 0.1) is 18.3 Å². The van der Waals surface area contributed by atoms with E-state index in [0.717, 1.165) is 5.75 Å². The van der Waals surface area contributed by atoms with Gasteiger partial charge in [-0.2, -0.15) is 5.26 Å². The number of aryl methyl sites for hydroxylation is 1. The average Bonchev–Trinajstić information content (AvgIpc) is 3.32. The van der Waals surface area contributed by atoms with Crippen LogP contribution in [0.15, 0.2) is 53.2 Å². The van der Waals surface area contributed by atoms with Crippen molar-refractivity contribution < 1.29 is 23.4 Å². The fourth-order valence-corrected chi connectivity index (χ4v) is 2.57. The number of carbonyl (C=O) groups is 1. The van der Waals surface area contributed by atoms with Gasteiger partial charge >= 0.3 is 5.97 Å². The summed E-state index contributed by atoms with van der Waals surface area (Å²) in [5.41, 5.74) is 0.274. The van der Waals surface area contributed by atoms with E-state index in [-0.39, 0.29) is 24.3 Å². The average molecular weight is 366 g/mol. The van der Waals surface area contributed by atoms with E-state index in [4.69, 9.17) is 18.6 Å². The quantitative estimate of drug-likeness (QED) is 0.470. The molecule has 0 bridgehead atoms. The van der Waals surface area contributed by atoms with E-state index in [9.17, 15) is 10.1 Å². The van der Waals surface area contributed by atoms with Gasteiger partial charge < -0.3 is 18.6 Å². The van der Waals surface area contributed by atoms with Crippen LogP contribution in [0.25, 0.3) is 5.88 Å². The zero-order valence-electron chi connectivity index (χ0n) is 15.0. The number of nitrogens with zero attached hydrogens (tertiary/aromatic N) is 2. The van der Waals surface area contributed by atoms with Gasteiger partial charge in [-0.05, 0) is 43.3 Å². The summed E-state index contributed by atoms with van der Waals surface area (Å²) < 4.78 is 23.1. The maximum Gasteiger partial charge on any atom is 0.343 e. The highest BCUT2D eigenvalue weighted by Gasteiger charge is 2.25. The van der Waals surface area contributed by atoms with Crippen LogP contribution in [0.5, 0.6) is 11.5 Å². The van der Waals surface area contributed by atoms with Crippen molar-refractivity contribution in [1.82, 2.24) is 4.57 Å². The van der Waals surface area contributed by atoms with Crippen LogP contribution in [0.4, 0.5) is 0 Å². The summed E-state index contributed by atoms with van der Waals surface area (Å²) >= 11 is 0. The molecular formula is C20H18N2O5. The largest absolute Gasteiger partial charge is 0.497 e. The SMILES string of the molecule is COc1ccc(OCCOC(=O)c2c(C)oc(-n3cccc3)c2C#N)cc1. The number of nitriles is 1. The summed E-state index contributed by atoms with van der Waals surface area (Å²) in [6, 6.07) is 12.7. The van der Waals surface area contributed by atoms with Gasteiger partial charge in [-0.25, -0.2) is 4.79 Å². The lowest BCUT2D eigenvalue weighted by atomic mass is 10.1. The number of ether oxygens (including phenoxy) is 3. The topological polar surface area (TPSA) is 86.6 Å². The highest BCUT2D eigenvalue weighted by Crippen LogP contribution is 2.26. The second-order valence-electron chi connectivity index (χ2n) is 5.58. The summed E-state index contributed by atoms with van der Waals surface area (Å²) in [6.45, 7) is 1.85. The number of carbonyl (C=O) groups excluding carboxylic acids is 1. The fraction of sp³-hybridized carbons (Fsp3) is 0.200. The Labute approximate surface area is 156 Å². The molecule has 27 heavy (non-hydrogen) atoms. The molecule has 2 aromatic heterocycles. The highest BCUT2D eigenvalue weighted by molar-refractivity contribution is 5.94. The van der Waals surface area contributed by atoms with Crippen LogP contribution in [0.1, 0.15) is 21.7 Å². The van der Waals surface area contributed by atoms with Gasteiger partial charge in [-0.15, -0.1) is 0 Å². The van der Waals surface area contributed by atoms with Crippen LogP contribution in [-0.2, 0) is 4.74 Å². The van der Waals surface area contributed by atoms with Crippen LogP contribution < -0.4 is 9.47 Å². The lowest BCUT2D eigenvalue weighted by Gasteiger charge is -2.08. The molecule has 0 aliphatic carbocycles. The van der Waals surface area contributed by atoms with E-state index in [2.05, 4.69) is 0 Å². The Hall–Kier alpha value is -3.66. The van der Waals surface area contributed by atoms with Gasteiger partial charge in [0.2, 0.25) is 5.88 Å². The lowest BCUT2D eigenvalue weighted by molar-refractivity contribution is 0.0448. The molecule has 0 saturated carbocycles. The second kappa shape index (κ2) is 8.15. The molecule has 0 radical (unpaired) electrons. The first kappa shape index (κ1) is 18.1. The predicted molar refractivity (Wildman–Crippen MR) is 96.3 cm³/mol. The van der Waals surface area contributed by atoms with Crippen molar-refractivity contribution in [3.8, 4) is 23.5 Å². The molecule has 138 valence electrons. The molecule has 0 amide bonds. The molecule has 0 aliphatic heterocycles. The molecule has 0 saturated heterocycles. The first-order chi connectivity index (χ1) is 13.1. The zero-order chi connectivity index (χ0) is 19.2. The van der Waals surface area contributed by atoms with E-state index in [0.29, 0.717) is 17.4 Å². The minimum atomic E-state index is -0.621. The van der Waals surface area contributed by atoms with Crippen molar-refractivity contribution in [3.63, 3.8) is 0 Å². The Kier molecular flexibility index (Phi) is 5.47. The van der Waals surface area contributed by atoms with Crippen molar-refractivity contribution in [2.24, 2.45) is 0 Å². The Morgan fingerprint density at radius 1 is 1.15 bits per heavy atom. The molecule has 7 heteroatoms. The Morgan fingerprint density at radius 3 is 2.44 bits per heavy atom. The summed E-state index contributed by atoms with van der Waals surface area (Å²) in [7, 11) is 1.59. The maximum atomic E-state index is 12.4. The molecule has 0 N–H and O–H groups in total. The molecule has 3 rings (SSSR count). The third-order valence-corrected chi connectivity index (χ3v) is 3.87. The molecular weight excluding hydrogens is 348 g/mol. The first-order valence-corrected chi connectivity index (χ1v) is 8.25. The van der Waals surface area contributed by atoms with Gasteiger partial charge in [0.05, 0.1) is 7.11 Å². The molecule has 0 spiro atoms. The summed E-state index contributed by atoms with van der Waals surface area (Å²) in [4.78, 5) is 12.4. The van der Waals surface area contributed by atoms with Crippen molar-refractivity contribution in [1.29, 1.82) is 5.26 Å². The standard InChI is InChI=1S/C20H18N2O5/c1-14-18(17(13-21)19(27-14)22-9-3-4-10-22)20(23)26-12-11-25-16-7-5-15(24-2)6-8-16/h3-10H,11-12H2,1-2H3. The van der Waals surface area contributed by atoms with Crippen LogP contribution in [0.3, 0.4) is 0 Å². The summed E-state index contributed by atoms with van der Waals surface area (Å²) in [5, 5.41) is 9.46. The number of aromatic nitrogens is 1. The first-order valence-electron chi connectivity index (χ1n) is 8.25. The lowest BCUT2D eigenvalue weighted by Crippen LogP contribution is -2.13. The van der Waals surface area contributed by atoms with Crippen molar-refractivity contribution in [2.75, 3.05) is 20.3 Å². The minimum absolute atomic E-state index is 0.0409. The van der Waals surface area contributed by atoms with Crippen LogP contribution >= 0.6 is 0 Å². The van der Waals surface area contributed by atoms with E-state index < -0.39 is 5.97 Å². The third kappa shape index (κ3) is 3.96. The van der Waals surface area contributed by atoms with Gasteiger partial charge in [0, 0.05) is 12.4 Å². The Bertz CT molecular complexity index is 950. The van der Waals surface area contributed by atoms with Crippen molar-refractivity contribution in [3.05, 3.63) is 65.7 Å². The van der Waals surface area contributed by atoms with Gasteiger partial charge in [0.15, 0.2) is 0 Å². The number of rotatable bonds is 7. The number of hydrogen-bond donors (Lipinski definition) is 0. The normalized spacial score (nSPS) is 10.3. The van der Waals surface area contributed by atoms with Gasteiger partial charge in [0.1, 0.15) is 47.7 Å². The van der Waals surface area contributed by atoms with Gasteiger partial charge in [-0.1, -0.05) is 0 Å². The minimum Gasteiger partial charge on any atom is -0.497 e. The number of furan rings is 1. The van der Waals surface area contributed by atoms with Crippen LogP contribution in [-0.4, -0.2) is 30.9 Å². The fourth-order valence-electron chi connectivity index (χ4n) is 2.57. The Balaban J connectivity index is 1.62. The number of esters is 1. The number of benzene rings is 1. The zero-order valence-corrected chi connectivity index (χ0v) is 15.0. The molecule has 0 unspecified atom stereocenters. The monoisotopic (exact) mass is 366 g/mol. The second-order valence-corrected chi connectivity index (χ2v) is 5.58. The van der Waals surface area contributed by atoms with Gasteiger partial charge in [0.25, 0.3) is 0 Å². The highest BCUT2D eigenvalue weighted by atomic mass is 16.6. The molecule has 1 aromatic carbocycles. The number of hydrogen-bond acceptors (Lipinski definition) is 6. The smallest absolute Gasteiger partial charge is 0.343 e. The van der Waals surface area contributed by atoms with E-state index in [1.165, 1.54) is 0 Å². The third-order valence-electron chi connectivity index (χ3n) is 3.87. The van der Waals surface area contributed by atoms with Gasteiger partial charge in [-0.3, -0.25) is 4.57 Å². The molecule has 0 atom stereocenters. The summed E-state index contributed by atoms with van der Waals surface area (Å²) in [6.07, 6.45) is 3.47. The van der Waals surface area contributed by atoms with E-state index >= 15 is 0 Å². The maximum absolute atomic E-state index is 12.4. The summed E-state index contributed by atoms with van der Waals surface area (Å²) in [5.74, 6) is 1.37. The van der Waals surface area contributed by atoms with Crippen LogP contribution in [0.2, 0.25) is 0 Å². The molecule has 7 nitrogen and oxygen atoms in total. The molecule has 2 heterocycles. The molecule has 0 aliphatic rings. The molecule has 0 fully saturated rings. The number of methoxy groups -OCH3 is 1. The van der Waals surface area contributed by atoms with Crippen molar-refractivity contribution >= 4 is 5.97 Å². The van der Waals surface area contributed by atoms with E-state index in [1.807, 2.05) is 6.07 Å².